The number of halogens is 1. The van der Waals surface area contributed by atoms with Crippen LogP contribution in [0.2, 0.25) is 0 Å². The molecule has 0 unspecified atom stereocenters. The molecule has 0 aliphatic heterocycles. The minimum atomic E-state index is -0.494. The van der Waals surface area contributed by atoms with Crippen LogP contribution in [0.5, 0.6) is 0 Å². The van der Waals surface area contributed by atoms with Crippen LogP contribution in [-0.4, -0.2) is 23.2 Å². The molecular weight excluding hydrogens is 310 g/mol. The van der Waals surface area contributed by atoms with Crippen molar-refractivity contribution in [2.45, 2.75) is 26.4 Å². The van der Waals surface area contributed by atoms with Crippen LogP contribution in [0.4, 0.5) is 10.6 Å². The largest absolute Gasteiger partial charge is 0.444 e. The molecule has 0 aromatic carbocycles. The molecule has 0 radical (unpaired) electrons. The van der Waals surface area contributed by atoms with Gasteiger partial charge in [0.15, 0.2) is 0 Å². The van der Waals surface area contributed by atoms with E-state index in [1.54, 1.807) is 18.3 Å². The molecule has 0 aliphatic carbocycles. The van der Waals surface area contributed by atoms with Crippen LogP contribution in [0.1, 0.15) is 26.3 Å². The summed E-state index contributed by atoms with van der Waals surface area (Å²) in [4.78, 5) is 15.4. The zero-order chi connectivity index (χ0) is 14.5. The standard InChI is InChI=1S/C13H18BrN3O2/c1-13(2,3)19-12(18)16-6-4-5-9-7-10(14)8-17-11(9)15/h4-5,7-8H,6H2,1-3H3,(H2,15,17)(H,16,18). The number of alkyl carbamates (subject to hydrolysis) is 1. The molecule has 19 heavy (non-hydrogen) atoms. The zero-order valence-electron chi connectivity index (χ0n) is 11.2. The first-order valence-electron chi connectivity index (χ1n) is 5.82. The van der Waals surface area contributed by atoms with Crippen LogP contribution in [0, 0.1) is 0 Å². The SMILES string of the molecule is CC(C)(C)OC(=O)NCC=Cc1cc(Br)cnc1N. The van der Waals surface area contributed by atoms with Crippen LogP contribution in [-0.2, 0) is 4.74 Å². The van der Waals surface area contributed by atoms with E-state index < -0.39 is 11.7 Å². The summed E-state index contributed by atoms with van der Waals surface area (Å²) in [6, 6.07) is 1.85. The van der Waals surface area contributed by atoms with Gasteiger partial charge in [0, 0.05) is 22.8 Å². The van der Waals surface area contributed by atoms with Crippen LogP contribution in [0.15, 0.2) is 22.8 Å². The number of ether oxygens (including phenoxy) is 1. The molecule has 0 spiro atoms. The summed E-state index contributed by atoms with van der Waals surface area (Å²) in [6.07, 6.45) is 4.76. The Kier molecular flexibility index (Phi) is 5.35. The van der Waals surface area contributed by atoms with Crippen molar-refractivity contribution in [2.75, 3.05) is 12.3 Å². The first kappa shape index (κ1) is 15.5. The molecule has 1 amide bonds. The Morgan fingerprint density at radius 2 is 2.26 bits per heavy atom. The van der Waals surface area contributed by atoms with Gasteiger partial charge in [0.25, 0.3) is 0 Å². The molecule has 1 aromatic rings. The maximum atomic E-state index is 11.4. The fourth-order valence-electron chi connectivity index (χ4n) is 1.24. The smallest absolute Gasteiger partial charge is 0.407 e. The highest BCUT2D eigenvalue weighted by Crippen LogP contribution is 2.16. The molecular formula is C13H18BrN3O2. The van der Waals surface area contributed by atoms with Gasteiger partial charge in [-0.15, -0.1) is 0 Å². The molecule has 0 saturated carbocycles. The second kappa shape index (κ2) is 6.56. The van der Waals surface area contributed by atoms with Gasteiger partial charge in [-0.1, -0.05) is 12.2 Å². The maximum Gasteiger partial charge on any atom is 0.407 e. The Bertz CT molecular complexity index is 481. The summed E-state index contributed by atoms with van der Waals surface area (Å²) in [5, 5.41) is 2.62. The van der Waals surface area contributed by atoms with Gasteiger partial charge in [-0.05, 0) is 42.8 Å². The van der Waals surface area contributed by atoms with E-state index in [4.69, 9.17) is 10.5 Å². The fourth-order valence-corrected chi connectivity index (χ4v) is 1.59. The van der Waals surface area contributed by atoms with Crippen LogP contribution in [0.3, 0.4) is 0 Å². The Morgan fingerprint density at radius 1 is 1.58 bits per heavy atom. The number of carbonyl (C=O) groups is 1. The number of pyridine rings is 1. The van der Waals surface area contributed by atoms with Crippen molar-refractivity contribution >= 4 is 33.9 Å². The van der Waals surface area contributed by atoms with Gasteiger partial charge < -0.3 is 15.8 Å². The lowest BCUT2D eigenvalue weighted by Gasteiger charge is -2.19. The molecule has 1 rings (SSSR count). The Morgan fingerprint density at radius 3 is 2.89 bits per heavy atom. The molecule has 0 atom stereocenters. The van der Waals surface area contributed by atoms with E-state index >= 15 is 0 Å². The molecule has 0 saturated heterocycles. The van der Waals surface area contributed by atoms with Gasteiger partial charge in [0.05, 0.1) is 0 Å². The number of anilines is 1. The number of nitrogens with zero attached hydrogens (tertiary/aromatic N) is 1. The number of amides is 1. The number of nitrogens with two attached hydrogens (primary N) is 1. The van der Waals surface area contributed by atoms with Crippen molar-refractivity contribution in [2.24, 2.45) is 0 Å². The van der Waals surface area contributed by atoms with Gasteiger partial charge in [-0.3, -0.25) is 0 Å². The van der Waals surface area contributed by atoms with Crippen molar-refractivity contribution < 1.29 is 9.53 Å². The lowest BCUT2D eigenvalue weighted by Crippen LogP contribution is -2.32. The number of hydrogen-bond acceptors (Lipinski definition) is 4. The number of carbonyl (C=O) groups excluding carboxylic acids is 1. The third-order valence-electron chi connectivity index (χ3n) is 1.98. The third kappa shape index (κ3) is 6.24. The topological polar surface area (TPSA) is 77.2 Å². The predicted octanol–water partition coefficient (Wildman–Crippen LogP) is 2.96. The quantitative estimate of drug-likeness (QED) is 0.894. The lowest BCUT2D eigenvalue weighted by molar-refractivity contribution is 0.0534. The third-order valence-corrected chi connectivity index (χ3v) is 2.41. The molecule has 5 nitrogen and oxygen atoms in total. The summed E-state index contributed by atoms with van der Waals surface area (Å²) < 4.78 is 5.95. The number of hydrogen-bond donors (Lipinski definition) is 2. The highest BCUT2D eigenvalue weighted by Gasteiger charge is 2.14. The molecule has 6 heteroatoms. The number of rotatable bonds is 3. The van der Waals surface area contributed by atoms with Crippen LogP contribution < -0.4 is 11.1 Å². The number of aromatic nitrogens is 1. The van der Waals surface area contributed by atoms with Gasteiger partial charge >= 0.3 is 6.09 Å². The van der Waals surface area contributed by atoms with E-state index in [1.165, 1.54) is 0 Å². The monoisotopic (exact) mass is 327 g/mol. The summed E-state index contributed by atoms with van der Waals surface area (Å²) >= 11 is 3.32. The second-order valence-electron chi connectivity index (χ2n) is 4.91. The van der Waals surface area contributed by atoms with Crippen LogP contribution >= 0.6 is 15.9 Å². The predicted molar refractivity (Wildman–Crippen MR) is 79.6 cm³/mol. The van der Waals surface area contributed by atoms with Gasteiger partial charge in [0.1, 0.15) is 11.4 Å². The Labute approximate surface area is 121 Å². The van der Waals surface area contributed by atoms with E-state index in [0.717, 1.165) is 10.0 Å². The van der Waals surface area contributed by atoms with Gasteiger partial charge in [-0.25, -0.2) is 9.78 Å². The molecule has 0 bridgehead atoms. The highest BCUT2D eigenvalue weighted by atomic mass is 79.9. The Balaban J connectivity index is 2.47. The van der Waals surface area contributed by atoms with Gasteiger partial charge in [-0.2, -0.15) is 0 Å². The van der Waals surface area contributed by atoms with Gasteiger partial charge in [0.2, 0.25) is 0 Å². The average molecular weight is 328 g/mol. The molecule has 104 valence electrons. The molecule has 1 aromatic heterocycles. The number of nitrogens with one attached hydrogen (secondary N) is 1. The maximum absolute atomic E-state index is 11.4. The van der Waals surface area contributed by atoms with Crippen molar-refractivity contribution in [3.63, 3.8) is 0 Å². The average Bonchev–Trinajstić information content (AvgIpc) is 2.26. The van der Waals surface area contributed by atoms with E-state index in [2.05, 4.69) is 26.2 Å². The van der Waals surface area contributed by atoms with E-state index in [0.29, 0.717) is 12.4 Å². The minimum absolute atomic E-state index is 0.362. The molecule has 0 fully saturated rings. The first-order chi connectivity index (χ1) is 8.78. The Hall–Kier alpha value is -1.56. The van der Waals surface area contributed by atoms with Crippen molar-refractivity contribution in [1.29, 1.82) is 0 Å². The van der Waals surface area contributed by atoms with E-state index in [9.17, 15) is 4.79 Å². The van der Waals surface area contributed by atoms with Crippen molar-refractivity contribution in [1.82, 2.24) is 10.3 Å². The first-order valence-corrected chi connectivity index (χ1v) is 6.61. The fraction of sp³-hybridized carbons (Fsp3) is 0.385. The molecule has 0 aliphatic rings. The van der Waals surface area contributed by atoms with Crippen molar-refractivity contribution in [3.8, 4) is 0 Å². The molecule has 1 heterocycles. The summed E-state index contributed by atoms with van der Waals surface area (Å²) in [5.41, 5.74) is 6.02. The van der Waals surface area contributed by atoms with Crippen molar-refractivity contribution in [3.05, 3.63) is 28.4 Å². The van der Waals surface area contributed by atoms with E-state index in [1.807, 2.05) is 26.8 Å². The van der Waals surface area contributed by atoms with E-state index in [-0.39, 0.29) is 0 Å². The summed E-state index contributed by atoms with van der Waals surface area (Å²) in [5.74, 6) is 0.441. The summed E-state index contributed by atoms with van der Waals surface area (Å²) in [6.45, 7) is 5.81. The molecule has 3 N–H and O–H groups in total. The lowest BCUT2D eigenvalue weighted by atomic mass is 10.2. The highest BCUT2D eigenvalue weighted by molar-refractivity contribution is 9.10. The zero-order valence-corrected chi connectivity index (χ0v) is 12.8. The summed E-state index contributed by atoms with van der Waals surface area (Å²) in [7, 11) is 0. The normalized spacial score (nSPS) is 11.6. The minimum Gasteiger partial charge on any atom is -0.444 e. The number of nitrogen functional groups attached to an aromatic ring is 1. The van der Waals surface area contributed by atoms with Crippen LogP contribution in [0.25, 0.3) is 6.08 Å². The second-order valence-corrected chi connectivity index (χ2v) is 5.83.